The number of aryl methyl sites for hydroxylation is 4. The average Bonchev–Trinajstić information content (AvgIpc) is 3.03. The van der Waals surface area contributed by atoms with Crippen LogP contribution in [0.15, 0.2) is 66.4 Å². The molecule has 4 rings (SSSR count). The summed E-state index contributed by atoms with van der Waals surface area (Å²) in [7, 11) is 0. The number of hydrogen-bond acceptors (Lipinski definition) is 4. The highest BCUT2D eigenvalue weighted by Crippen LogP contribution is 2.36. The lowest BCUT2D eigenvalue weighted by Gasteiger charge is -2.18. The van der Waals surface area contributed by atoms with Gasteiger partial charge in [0.25, 0.3) is 11.8 Å². The third-order valence-electron chi connectivity index (χ3n) is 5.92. The van der Waals surface area contributed by atoms with Crippen molar-refractivity contribution in [2.24, 2.45) is 0 Å². The lowest BCUT2D eigenvalue weighted by atomic mass is 10.0. The highest BCUT2D eigenvalue weighted by atomic mass is 16.5. The molecule has 5 nitrogen and oxygen atoms in total. The number of nitrogens with one attached hydrogen (secondary N) is 1. The average molecular weight is 441 g/mol. The Kier molecular flexibility index (Phi) is 6.05. The van der Waals surface area contributed by atoms with Gasteiger partial charge in [0.15, 0.2) is 0 Å². The van der Waals surface area contributed by atoms with Crippen molar-refractivity contribution in [3.05, 3.63) is 94.2 Å². The maximum Gasteiger partial charge on any atom is 0.282 e. The molecule has 1 N–H and O–H groups in total. The molecule has 33 heavy (non-hydrogen) atoms. The van der Waals surface area contributed by atoms with Crippen molar-refractivity contribution < 1.29 is 14.3 Å². The third-order valence-corrected chi connectivity index (χ3v) is 5.92. The molecule has 0 atom stereocenters. The largest absolute Gasteiger partial charge is 0.494 e. The monoisotopic (exact) mass is 440 g/mol. The van der Waals surface area contributed by atoms with Crippen molar-refractivity contribution in [1.82, 2.24) is 0 Å². The molecule has 2 amide bonds. The van der Waals surface area contributed by atoms with E-state index in [1.807, 2.05) is 95.3 Å². The minimum Gasteiger partial charge on any atom is -0.494 e. The van der Waals surface area contributed by atoms with Gasteiger partial charge in [0.05, 0.1) is 17.9 Å². The van der Waals surface area contributed by atoms with E-state index in [-0.39, 0.29) is 17.5 Å². The van der Waals surface area contributed by atoms with Crippen molar-refractivity contribution in [2.75, 3.05) is 16.8 Å². The number of amides is 2. The molecule has 0 spiro atoms. The van der Waals surface area contributed by atoms with Crippen LogP contribution in [-0.4, -0.2) is 18.4 Å². The number of rotatable bonds is 6. The van der Waals surface area contributed by atoms with Crippen molar-refractivity contribution in [1.29, 1.82) is 0 Å². The van der Waals surface area contributed by atoms with Gasteiger partial charge in [0, 0.05) is 5.69 Å². The summed E-state index contributed by atoms with van der Waals surface area (Å²) in [5.41, 5.74) is 6.76. The molecule has 0 fully saturated rings. The molecule has 5 heteroatoms. The van der Waals surface area contributed by atoms with Gasteiger partial charge >= 0.3 is 0 Å². The number of ether oxygens (including phenoxy) is 1. The van der Waals surface area contributed by atoms with Crippen LogP contribution in [0, 0.1) is 27.7 Å². The molecule has 168 valence electrons. The van der Waals surface area contributed by atoms with Gasteiger partial charge in [0.2, 0.25) is 0 Å². The predicted octanol–water partition coefficient (Wildman–Crippen LogP) is 5.72. The van der Waals surface area contributed by atoms with Crippen LogP contribution in [0.3, 0.4) is 0 Å². The second-order valence-electron chi connectivity index (χ2n) is 8.37. The Hall–Kier alpha value is -3.86. The fourth-order valence-corrected chi connectivity index (χ4v) is 3.94. The number of hydrogen-bond donors (Lipinski definition) is 1. The van der Waals surface area contributed by atoms with Crippen LogP contribution in [0.5, 0.6) is 5.75 Å². The van der Waals surface area contributed by atoms with Crippen LogP contribution < -0.4 is 15.0 Å². The molecule has 0 aliphatic carbocycles. The minimum atomic E-state index is -0.365. The summed E-state index contributed by atoms with van der Waals surface area (Å²) in [4.78, 5) is 28.6. The van der Waals surface area contributed by atoms with E-state index in [1.54, 1.807) is 0 Å². The predicted molar refractivity (Wildman–Crippen MR) is 132 cm³/mol. The first-order chi connectivity index (χ1) is 15.8. The molecule has 1 aliphatic rings. The topological polar surface area (TPSA) is 58.6 Å². The molecule has 0 radical (unpaired) electrons. The van der Waals surface area contributed by atoms with Gasteiger partial charge in [-0.25, -0.2) is 4.90 Å². The summed E-state index contributed by atoms with van der Waals surface area (Å²) >= 11 is 0. The molecule has 1 aliphatic heterocycles. The van der Waals surface area contributed by atoms with Crippen molar-refractivity contribution in [3.8, 4) is 5.75 Å². The molecular formula is C28H28N2O3. The van der Waals surface area contributed by atoms with E-state index >= 15 is 0 Å². The van der Waals surface area contributed by atoms with E-state index in [0.717, 1.165) is 27.9 Å². The maximum absolute atomic E-state index is 13.7. The van der Waals surface area contributed by atoms with E-state index in [1.165, 1.54) is 4.90 Å². The van der Waals surface area contributed by atoms with E-state index in [4.69, 9.17) is 4.74 Å². The summed E-state index contributed by atoms with van der Waals surface area (Å²) in [5, 5.41) is 3.25. The number of benzene rings is 3. The van der Waals surface area contributed by atoms with Gasteiger partial charge in [-0.1, -0.05) is 30.3 Å². The van der Waals surface area contributed by atoms with Gasteiger partial charge < -0.3 is 10.1 Å². The standard InChI is InChI=1S/C28H28N2O3/c1-6-33-23-13-10-21(11-14-23)25-26(29-22-12-9-18(3)20(5)16-22)28(32)30(27(25)31)24-15-17(2)7-8-19(24)4/h7-16,29H,6H2,1-5H3. The normalized spacial score (nSPS) is 13.7. The lowest BCUT2D eigenvalue weighted by molar-refractivity contribution is -0.120. The summed E-state index contributed by atoms with van der Waals surface area (Å²) in [6.07, 6.45) is 0. The zero-order chi connectivity index (χ0) is 23.7. The summed E-state index contributed by atoms with van der Waals surface area (Å²) < 4.78 is 5.54. The zero-order valence-electron chi connectivity index (χ0n) is 19.7. The number of anilines is 2. The van der Waals surface area contributed by atoms with E-state index in [0.29, 0.717) is 29.2 Å². The number of imide groups is 1. The molecular weight excluding hydrogens is 412 g/mol. The Balaban J connectivity index is 1.83. The Morgan fingerprint density at radius 1 is 0.788 bits per heavy atom. The summed E-state index contributed by atoms with van der Waals surface area (Å²) in [5.74, 6) is 0.00804. The molecule has 0 saturated heterocycles. The number of carbonyl (C=O) groups is 2. The molecule has 0 aromatic heterocycles. The summed E-state index contributed by atoms with van der Waals surface area (Å²) in [6, 6.07) is 18.9. The molecule has 3 aromatic carbocycles. The fourth-order valence-electron chi connectivity index (χ4n) is 3.94. The van der Waals surface area contributed by atoms with Crippen molar-refractivity contribution >= 4 is 28.8 Å². The van der Waals surface area contributed by atoms with Crippen LogP contribution >= 0.6 is 0 Å². The Morgan fingerprint density at radius 3 is 2.15 bits per heavy atom. The molecule has 0 bridgehead atoms. The second-order valence-corrected chi connectivity index (χ2v) is 8.37. The quantitative estimate of drug-likeness (QED) is 0.499. The highest BCUT2D eigenvalue weighted by molar-refractivity contribution is 6.46. The second kappa shape index (κ2) is 8.94. The molecule has 1 heterocycles. The zero-order valence-corrected chi connectivity index (χ0v) is 19.7. The van der Waals surface area contributed by atoms with Gasteiger partial charge in [-0.3, -0.25) is 9.59 Å². The van der Waals surface area contributed by atoms with Crippen LogP contribution in [0.1, 0.15) is 34.7 Å². The Morgan fingerprint density at radius 2 is 1.48 bits per heavy atom. The van der Waals surface area contributed by atoms with E-state index < -0.39 is 0 Å². The number of nitrogens with zero attached hydrogens (tertiary/aromatic N) is 1. The highest BCUT2D eigenvalue weighted by Gasteiger charge is 2.40. The lowest BCUT2D eigenvalue weighted by Crippen LogP contribution is -2.33. The molecule has 3 aromatic rings. The first-order valence-electron chi connectivity index (χ1n) is 11.1. The summed E-state index contributed by atoms with van der Waals surface area (Å²) in [6.45, 7) is 10.4. The SMILES string of the molecule is CCOc1ccc(C2=C(Nc3ccc(C)c(C)c3)C(=O)N(c3cc(C)ccc3C)C2=O)cc1. The molecule has 0 saturated carbocycles. The van der Waals surface area contributed by atoms with Crippen LogP contribution in [-0.2, 0) is 9.59 Å². The Bertz CT molecular complexity index is 1270. The Labute approximate surface area is 194 Å². The van der Waals surface area contributed by atoms with Crippen LogP contribution in [0.2, 0.25) is 0 Å². The first kappa shape index (κ1) is 22.3. The fraction of sp³-hybridized carbons (Fsp3) is 0.214. The minimum absolute atomic E-state index is 0.272. The van der Waals surface area contributed by atoms with Crippen molar-refractivity contribution in [2.45, 2.75) is 34.6 Å². The van der Waals surface area contributed by atoms with E-state index in [2.05, 4.69) is 5.32 Å². The number of carbonyl (C=O) groups excluding carboxylic acids is 2. The van der Waals surface area contributed by atoms with Gasteiger partial charge in [0.1, 0.15) is 11.4 Å². The maximum atomic E-state index is 13.7. The van der Waals surface area contributed by atoms with Gasteiger partial charge in [-0.15, -0.1) is 0 Å². The van der Waals surface area contributed by atoms with Crippen LogP contribution in [0.25, 0.3) is 5.57 Å². The molecule has 0 unspecified atom stereocenters. The third kappa shape index (κ3) is 4.27. The first-order valence-corrected chi connectivity index (χ1v) is 11.1. The van der Waals surface area contributed by atoms with Crippen molar-refractivity contribution in [3.63, 3.8) is 0 Å². The van der Waals surface area contributed by atoms with Gasteiger partial charge in [-0.2, -0.15) is 0 Å². The van der Waals surface area contributed by atoms with E-state index in [9.17, 15) is 9.59 Å². The smallest absolute Gasteiger partial charge is 0.282 e. The van der Waals surface area contributed by atoms with Crippen LogP contribution in [0.4, 0.5) is 11.4 Å². The van der Waals surface area contributed by atoms with Gasteiger partial charge in [-0.05, 0) is 92.8 Å².